The van der Waals surface area contributed by atoms with Gasteiger partial charge in [0, 0.05) is 16.0 Å². The average molecular weight is 401 g/mol. The standard InChI is InChI=1S/C24H16O2S2/c25-28(26)23-14-18(16-4-2-1-3-5-16)8-12-21(23)22-13-9-19(15-24(22)28)17-6-10-20(27)11-7-17/h1-15,27H. The van der Waals surface area contributed by atoms with Crippen LogP contribution in [-0.4, -0.2) is 8.42 Å². The quantitative estimate of drug-likeness (QED) is 0.362. The summed E-state index contributed by atoms with van der Waals surface area (Å²) in [5.41, 5.74) is 5.30. The van der Waals surface area contributed by atoms with Crippen molar-refractivity contribution in [3.05, 3.63) is 91.0 Å². The molecule has 0 aliphatic carbocycles. The first kappa shape index (κ1) is 17.3. The molecule has 1 aliphatic rings. The normalized spacial score (nSPS) is 13.8. The van der Waals surface area contributed by atoms with Crippen LogP contribution in [0.15, 0.2) is 106 Å². The molecule has 0 fully saturated rings. The number of sulfone groups is 1. The van der Waals surface area contributed by atoms with Gasteiger partial charge in [-0.1, -0.05) is 66.7 Å². The summed E-state index contributed by atoms with van der Waals surface area (Å²) in [4.78, 5) is 1.63. The third-order valence-electron chi connectivity index (χ3n) is 5.14. The molecule has 0 atom stereocenters. The van der Waals surface area contributed by atoms with Crippen molar-refractivity contribution in [1.82, 2.24) is 0 Å². The van der Waals surface area contributed by atoms with Gasteiger partial charge in [-0.2, -0.15) is 0 Å². The molecule has 1 heterocycles. The molecule has 2 nitrogen and oxygen atoms in total. The van der Waals surface area contributed by atoms with Gasteiger partial charge in [0.1, 0.15) is 0 Å². The number of hydrogen-bond acceptors (Lipinski definition) is 3. The van der Waals surface area contributed by atoms with E-state index in [0.29, 0.717) is 9.79 Å². The summed E-state index contributed by atoms with van der Waals surface area (Å²) in [6.45, 7) is 0. The molecule has 5 rings (SSSR count). The van der Waals surface area contributed by atoms with Crippen LogP contribution < -0.4 is 0 Å². The lowest BCUT2D eigenvalue weighted by molar-refractivity contribution is 0.599. The minimum Gasteiger partial charge on any atom is -0.218 e. The van der Waals surface area contributed by atoms with Crippen LogP contribution in [0.3, 0.4) is 0 Å². The lowest BCUT2D eigenvalue weighted by atomic mass is 9.98. The van der Waals surface area contributed by atoms with Gasteiger partial charge in [0.2, 0.25) is 9.84 Å². The number of rotatable bonds is 2. The molecule has 28 heavy (non-hydrogen) atoms. The van der Waals surface area contributed by atoms with Crippen LogP contribution in [0.4, 0.5) is 0 Å². The van der Waals surface area contributed by atoms with Gasteiger partial charge in [-0.3, -0.25) is 0 Å². The van der Waals surface area contributed by atoms with E-state index >= 15 is 0 Å². The zero-order valence-electron chi connectivity index (χ0n) is 14.8. The first-order valence-electron chi connectivity index (χ1n) is 8.92. The Balaban J connectivity index is 1.65. The molecule has 0 radical (unpaired) electrons. The second-order valence-corrected chi connectivity index (χ2v) is 9.24. The Labute approximate surface area is 169 Å². The Morgan fingerprint density at radius 3 is 1.54 bits per heavy atom. The van der Waals surface area contributed by atoms with Crippen molar-refractivity contribution in [1.29, 1.82) is 0 Å². The molecule has 0 spiro atoms. The van der Waals surface area contributed by atoms with Crippen molar-refractivity contribution in [3.63, 3.8) is 0 Å². The van der Waals surface area contributed by atoms with E-state index in [4.69, 9.17) is 0 Å². The second-order valence-electron chi connectivity index (χ2n) is 6.84. The van der Waals surface area contributed by atoms with E-state index in [-0.39, 0.29) is 0 Å². The third-order valence-corrected chi connectivity index (χ3v) is 7.27. The maximum Gasteiger partial charge on any atom is 0.207 e. The zero-order chi connectivity index (χ0) is 19.3. The fourth-order valence-electron chi connectivity index (χ4n) is 3.70. The molecular formula is C24H16O2S2. The second kappa shape index (κ2) is 6.36. The summed E-state index contributed by atoms with van der Waals surface area (Å²) >= 11 is 4.31. The Morgan fingerprint density at radius 2 is 1.00 bits per heavy atom. The Bertz CT molecular complexity index is 1310. The first-order chi connectivity index (χ1) is 13.5. The molecule has 4 heteroatoms. The maximum atomic E-state index is 13.3. The van der Waals surface area contributed by atoms with Crippen LogP contribution >= 0.6 is 12.6 Å². The van der Waals surface area contributed by atoms with Crippen LogP contribution in [0.1, 0.15) is 0 Å². The molecule has 0 N–H and O–H groups in total. The predicted octanol–water partition coefficient (Wildman–Crippen LogP) is 6.12. The van der Waals surface area contributed by atoms with Crippen LogP contribution in [-0.2, 0) is 9.84 Å². The lowest BCUT2D eigenvalue weighted by Crippen LogP contribution is -1.97. The van der Waals surface area contributed by atoms with Gasteiger partial charge in [-0.05, 0) is 46.5 Å². The molecule has 0 saturated heterocycles. The molecule has 136 valence electrons. The molecule has 0 bridgehead atoms. The van der Waals surface area contributed by atoms with Crippen LogP contribution in [0.25, 0.3) is 33.4 Å². The summed E-state index contributed by atoms with van der Waals surface area (Å²) < 4.78 is 26.6. The Morgan fingerprint density at radius 1 is 0.536 bits per heavy atom. The smallest absolute Gasteiger partial charge is 0.207 e. The van der Waals surface area contributed by atoms with Crippen molar-refractivity contribution in [2.75, 3.05) is 0 Å². The average Bonchev–Trinajstić information content (AvgIpc) is 2.96. The SMILES string of the molecule is O=S1(=O)c2cc(-c3ccccc3)ccc2-c2ccc(-c3ccc(S)cc3)cc21. The van der Waals surface area contributed by atoms with E-state index in [0.717, 1.165) is 38.3 Å². The monoisotopic (exact) mass is 400 g/mol. The highest BCUT2D eigenvalue weighted by Crippen LogP contribution is 2.45. The summed E-state index contributed by atoms with van der Waals surface area (Å²) in [6.07, 6.45) is 0. The highest BCUT2D eigenvalue weighted by atomic mass is 32.2. The first-order valence-corrected chi connectivity index (χ1v) is 10.9. The molecule has 0 saturated carbocycles. The van der Waals surface area contributed by atoms with Gasteiger partial charge >= 0.3 is 0 Å². The largest absolute Gasteiger partial charge is 0.218 e. The number of fused-ring (bicyclic) bond motifs is 3. The highest BCUT2D eigenvalue weighted by Gasteiger charge is 2.33. The van der Waals surface area contributed by atoms with Crippen LogP contribution in [0.2, 0.25) is 0 Å². The fourth-order valence-corrected chi connectivity index (χ4v) is 5.58. The molecule has 4 aromatic rings. The van der Waals surface area contributed by atoms with Crippen molar-refractivity contribution in [2.24, 2.45) is 0 Å². The summed E-state index contributed by atoms with van der Waals surface area (Å²) in [7, 11) is -3.55. The van der Waals surface area contributed by atoms with Crippen molar-refractivity contribution >= 4 is 22.5 Å². The number of hydrogen-bond donors (Lipinski definition) is 1. The van der Waals surface area contributed by atoms with Crippen molar-refractivity contribution in [2.45, 2.75) is 14.7 Å². The fraction of sp³-hybridized carbons (Fsp3) is 0. The molecule has 1 aliphatic heterocycles. The Kier molecular flexibility index (Phi) is 3.93. The molecule has 4 aromatic carbocycles. The number of benzene rings is 4. The van der Waals surface area contributed by atoms with Gasteiger partial charge in [0.15, 0.2) is 0 Å². The molecule has 0 unspecified atom stereocenters. The molecular weight excluding hydrogens is 384 g/mol. The van der Waals surface area contributed by atoms with Crippen LogP contribution in [0.5, 0.6) is 0 Å². The van der Waals surface area contributed by atoms with Crippen molar-refractivity contribution in [3.8, 4) is 33.4 Å². The van der Waals surface area contributed by atoms with Gasteiger partial charge < -0.3 is 0 Å². The number of thiol groups is 1. The third kappa shape index (κ3) is 2.68. The highest BCUT2D eigenvalue weighted by molar-refractivity contribution is 7.92. The summed E-state index contributed by atoms with van der Waals surface area (Å²) in [6, 6.07) is 28.9. The van der Waals surface area contributed by atoms with Gasteiger partial charge in [0.25, 0.3) is 0 Å². The van der Waals surface area contributed by atoms with Crippen molar-refractivity contribution < 1.29 is 8.42 Å². The van der Waals surface area contributed by atoms with Gasteiger partial charge in [-0.15, -0.1) is 12.6 Å². The maximum absolute atomic E-state index is 13.3. The van der Waals surface area contributed by atoms with E-state index < -0.39 is 9.84 Å². The molecule has 0 amide bonds. The zero-order valence-corrected chi connectivity index (χ0v) is 16.5. The topological polar surface area (TPSA) is 34.1 Å². The molecule has 0 aromatic heterocycles. The van der Waals surface area contributed by atoms with E-state index in [1.807, 2.05) is 78.9 Å². The van der Waals surface area contributed by atoms with E-state index in [1.165, 1.54) is 0 Å². The Hall–Kier alpha value is -2.82. The van der Waals surface area contributed by atoms with Gasteiger partial charge in [-0.25, -0.2) is 8.42 Å². The minimum absolute atomic E-state index is 0.375. The summed E-state index contributed by atoms with van der Waals surface area (Å²) in [5.74, 6) is 0. The predicted molar refractivity (Wildman–Crippen MR) is 115 cm³/mol. The van der Waals surface area contributed by atoms with Crippen LogP contribution in [0, 0.1) is 0 Å². The lowest BCUT2D eigenvalue weighted by Gasteiger charge is -2.05. The summed E-state index contributed by atoms with van der Waals surface area (Å²) in [5, 5.41) is 0. The van der Waals surface area contributed by atoms with Gasteiger partial charge in [0.05, 0.1) is 9.79 Å². The van der Waals surface area contributed by atoms with E-state index in [2.05, 4.69) is 12.6 Å². The van der Waals surface area contributed by atoms with E-state index in [1.54, 1.807) is 12.1 Å². The minimum atomic E-state index is -3.55. The van der Waals surface area contributed by atoms with E-state index in [9.17, 15) is 8.42 Å².